The fourth-order valence-corrected chi connectivity index (χ4v) is 3.64. The molecule has 2 amide bonds. The highest BCUT2D eigenvalue weighted by Crippen LogP contribution is 2.25. The third-order valence-electron chi connectivity index (χ3n) is 5.25. The molecule has 0 saturated carbocycles. The number of hydrazone groups is 1. The second kappa shape index (κ2) is 12.5. The van der Waals surface area contributed by atoms with Crippen molar-refractivity contribution < 1.29 is 14.3 Å². The van der Waals surface area contributed by atoms with Crippen LogP contribution in [0.2, 0.25) is 5.02 Å². The molecular weight excluding hydrogens is 490 g/mol. The van der Waals surface area contributed by atoms with Gasteiger partial charge in [0.1, 0.15) is 11.4 Å². The molecule has 0 unspecified atom stereocenters. The van der Waals surface area contributed by atoms with Gasteiger partial charge < -0.3 is 10.1 Å². The van der Waals surface area contributed by atoms with Gasteiger partial charge in [0.05, 0.1) is 25.1 Å². The van der Waals surface area contributed by atoms with Gasteiger partial charge in [-0.25, -0.2) is 10.1 Å². The maximum Gasteiger partial charge on any atom is 0.259 e. The molecule has 0 bridgehead atoms. The van der Waals surface area contributed by atoms with E-state index in [1.54, 1.807) is 22.9 Å². The van der Waals surface area contributed by atoms with Crippen LogP contribution in [-0.2, 0) is 4.79 Å². The van der Waals surface area contributed by atoms with Crippen LogP contribution in [0.1, 0.15) is 29.3 Å². The van der Waals surface area contributed by atoms with Gasteiger partial charge in [-0.3, -0.25) is 9.59 Å². The molecule has 2 N–H and O–H groups in total. The molecule has 37 heavy (non-hydrogen) atoms. The van der Waals surface area contributed by atoms with E-state index in [1.807, 2.05) is 60.8 Å². The highest BCUT2D eigenvalue weighted by molar-refractivity contribution is 6.31. The number of hydrogen-bond acceptors (Lipinski definition) is 5. The molecule has 0 aliphatic heterocycles. The Bertz CT molecular complexity index is 1380. The van der Waals surface area contributed by atoms with Gasteiger partial charge in [0.15, 0.2) is 0 Å². The lowest BCUT2D eigenvalue weighted by molar-refractivity contribution is -0.120. The van der Waals surface area contributed by atoms with Crippen LogP contribution in [0.15, 0.2) is 90.2 Å². The topological polar surface area (TPSA) is 97.6 Å². The maximum absolute atomic E-state index is 12.2. The Morgan fingerprint density at radius 3 is 2.57 bits per heavy atom. The zero-order chi connectivity index (χ0) is 26.0. The number of amides is 2. The zero-order valence-electron chi connectivity index (χ0n) is 20.2. The van der Waals surface area contributed by atoms with Gasteiger partial charge in [-0.1, -0.05) is 42.8 Å². The molecule has 0 spiro atoms. The summed E-state index contributed by atoms with van der Waals surface area (Å²) in [6.45, 7) is 2.47. The predicted molar refractivity (Wildman–Crippen MR) is 144 cm³/mol. The van der Waals surface area contributed by atoms with Crippen LogP contribution in [0.5, 0.6) is 5.75 Å². The Kier molecular flexibility index (Phi) is 8.67. The highest BCUT2D eigenvalue weighted by Gasteiger charge is 2.12. The van der Waals surface area contributed by atoms with E-state index < -0.39 is 11.8 Å². The average Bonchev–Trinajstić information content (AvgIpc) is 3.35. The van der Waals surface area contributed by atoms with Gasteiger partial charge in [-0.2, -0.15) is 10.2 Å². The van der Waals surface area contributed by atoms with Crippen LogP contribution in [0.4, 0.5) is 0 Å². The molecule has 3 aromatic carbocycles. The van der Waals surface area contributed by atoms with Crippen molar-refractivity contribution in [2.45, 2.75) is 13.3 Å². The van der Waals surface area contributed by atoms with Crippen molar-refractivity contribution in [1.29, 1.82) is 0 Å². The monoisotopic (exact) mass is 515 g/mol. The number of carbonyl (C=O) groups is 2. The van der Waals surface area contributed by atoms with E-state index in [-0.39, 0.29) is 6.54 Å². The molecule has 1 aromatic heterocycles. The second-order valence-electron chi connectivity index (χ2n) is 8.07. The summed E-state index contributed by atoms with van der Waals surface area (Å²) >= 11 is 5.91. The first-order valence-electron chi connectivity index (χ1n) is 11.8. The van der Waals surface area contributed by atoms with E-state index in [2.05, 4.69) is 22.8 Å². The van der Waals surface area contributed by atoms with E-state index in [0.717, 1.165) is 23.4 Å². The smallest absolute Gasteiger partial charge is 0.259 e. The lowest BCUT2D eigenvalue weighted by Gasteiger charge is -2.05. The molecule has 9 heteroatoms. The minimum absolute atomic E-state index is 0.238. The summed E-state index contributed by atoms with van der Waals surface area (Å²) in [5.74, 6) is -0.0872. The summed E-state index contributed by atoms with van der Waals surface area (Å²) in [6, 6.07) is 23.9. The number of benzene rings is 3. The number of rotatable bonds is 10. The van der Waals surface area contributed by atoms with Crippen molar-refractivity contribution in [3.63, 3.8) is 0 Å². The van der Waals surface area contributed by atoms with Crippen LogP contribution < -0.4 is 15.5 Å². The minimum Gasteiger partial charge on any atom is -0.494 e. The van der Waals surface area contributed by atoms with E-state index >= 15 is 0 Å². The first-order valence-corrected chi connectivity index (χ1v) is 12.2. The number of nitrogens with zero attached hydrogens (tertiary/aromatic N) is 3. The Morgan fingerprint density at radius 2 is 1.84 bits per heavy atom. The number of halogens is 1. The van der Waals surface area contributed by atoms with Gasteiger partial charge >= 0.3 is 0 Å². The van der Waals surface area contributed by atoms with Crippen molar-refractivity contribution in [2.24, 2.45) is 5.10 Å². The van der Waals surface area contributed by atoms with Crippen LogP contribution in [0, 0.1) is 0 Å². The molecule has 0 aliphatic carbocycles. The van der Waals surface area contributed by atoms with Crippen molar-refractivity contribution in [1.82, 2.24) is 20.5 Å². The zero-order valence-corrected chi connectivity index (χ0v) is 21.0. The van der Waals surface area contributed by atoms with Crippen LogP contribution >= 0.6 is 11.6 Å². The van der Waals surface area contributed by atoms with E-state index in [9.17, 15) is 9.59 Å². The summed E-state index contributed by atoms with van der Waals surface area (Å²) in [5, 5.41) is 11.8. The van der Waals surface area contributed by atoms with Gasteiger partial charge in [0, 0.05) is 27.9 Å². The largest absolute Gasteiger partial charge is 0.494 e. The standard InChI is InChI=1S/C28H26ClN5O3/c1-2-15-37-25-13-11-20(12-14-25)27-22(19-34(33-27)24-9-4-3-5-10-24)17-31-32-26(35)18-30-28(36)21-7-6-8-23(29)16-21/h3-14,16-17,19H,2,15,18H2,1H3,(H,30,36)(H,32,35)/b31-17-. The fourth-order valence-electron chi connectivity index (χ4n) is 3.45. The number of aromatic nitrogens is 2. The summed E-state index contributed by atoms with van der Waals surface area (Å²) in [5.41, 5.74) is 5.97. The molecule has 0 aliphatic rings. The minimum atomic E-state index is -0.471. The van der Waals surface area contributed by atoms with Crippen LogP contribution in [0.3, 0.4) is 0 Å². The van der Waals surface area contributed by atoms with Gasteiger partial charge in [-0.05, 0) is 61.0 Å². The molecule has 4 aromatic rings. The summed E-state index contributed by atoms with van der Waals surface area (Å²) < 4.78 is 7.44. The lowest BCUT2D eigenvalue weighted by Crippen LogP contribution is -2.34. The van der Waals surface area contributed by atoms with Crippen molar-refractivity contribution >= 4 is 29.6 Å². The molecule has 0 radical (unpaired) electrons. The first kappa shape index (κ1) is 25.7. The number of ether oxygens (including phenoxy) is 1. The SMILES string of the molecule is CCCOc1ccc(-c2nn(-c3ccccc3)cc2/C=N\NC(=O)CNC(=O)c2cccc(Cl)c2)cc1. The van der Waals surface area contributed by atoms with Gasteiger partial charge in [-0.15, -0.1) is 0 Å². The third-order valence-corrected chi connectivity index (χ3v) is 5.49. The number of hydrogen-bond donors (Lipinski definition) is 2. The van der Waals surface area contributed by atoms with Gasteiger partial charge in [0.25, 0.3) is 11.8 Å². The Labute approximate surface area is 219 Å². The van der Waals surface area contributed by atoms with Crippen molar-refractivity contribution in [2.75, 3.05) is 13.2 Å². The quantitative estimate of drug-likeness (QED) is 0.233. The normalized spacial score (nSPS) is 10.9. The van der Waals surface area contributed by atoms with Gasteiger partial charge in [0.2, 0.25) is 0 Å². The van der Waals surface area contributed by atoms with E-state index in [4.69, 9.17) is 21.4 Å². The fraction of sp³-hybridized carbons (Fsp3) is 0.143. The van der Waals surface area contributed by atoms with Crippen molar-refractivity contribution in [3.05, 3.63) is 101 Å². The first-order chi connectivity index (χ1) is 18.0. The molecule has 0 atom stereocenters. The number of carbonyl (C=O) groups excluding carboxylic acids is 2. The summed E-state index contributed by atoms with van der Waals surface area (Å²) in [4.78, 5) is 24.5. The predicted octanol–water partition coefficient (Wildman–Crippen LogP) is 4.86. The second-order valence-corrected chi connectivity index (χ2v) is 8.51. The molecule has 0 fully saturated rings. The van der Waals surface area contributed by atoms with Crippen molar-refractivity contribution in [3.8, 4) is 22.7 Å². The molecule has 1 heterocycles. The average molecular weight is 516 g/mol. The molecule has 188 valence electrons. The molecule has 0 saturated heterocycles. The Morgan fingerprint density at radius 1 is 1.05 bits per heavy atom. The highest BCUT2D eigenvalue weighted by atomic mass is 35.5. The summed E-state index contributed by atoms with van der Waals surface area (Å²) in [6.07, 6.45) is 4.29. The molecular formula is C28H26ClN5O3. The summed E-state index contributed by atoms with van der Waals surface area (Å²) in [7, 11) is 0. The van der Waals surface area contributed by atoms with Crippen LogP contribution in [0.25, 0.3) is 16.9 Å². The lowest BCUT2D eigenvalue weighted by atomic mass is 10.1. The number of nitrogens with one attached hydrogen (secondary N) is 2. The Balaban J connectivity index is 1.46. The maximum atomic E-state index is 12.2. The van der Waals surface area contributed by atoms with E-state index in [1.165, 1.54) is 12.3 Å². The Hall–Kier alpha value is -4.43. The molecule has 8 nitrogen and oxygen atoms in total. The number of para-hydroxylation sites is 1. The van der Waals surface area contributed by atoms with E-state index in [0.29, 0.717) is 28.5 Å². The molecule has 4 rings (SSSR count). The third kappa shape index (κ3) is 7.05. The van der Waals surface area contributed by atoms with Crippen LogP contribution in [-0.4, -0.2) is 41.0 Å².